The van der Waals surface area contributed by atoms with Gasteiger partial charge in [-0.1, -0.05) is 6.42 Å². The SMILES string of the molecule is Cc1[nH]n(-c2ccc(S(=O)(=O)N3CCCCC3)cn2)c(=O)c1C1CCS(=O)(=O)C1. The molecular weight excluding hydrogens is 416 g/mol. The first kappa shape index (κ1) is 20.3. The van der Waals surface area contributed by atoms with Gasteiger partial charge < -0.3 is 0 Å². The molecular formula is C18H24N4O5S2. The van der Waals surface area contributed by atoms with Crippen molar-refractivity contribution in [2.45, 2.75) is 43.4 Å². The largest absolute Gasteiger partial charge is 0.294 e. The number of hydrogen-bond donors (Lipinski definition) is 1. The fourth-order valence-electron chi connectivity index (χ4n) is 4.14. The molecule has 2 saturated heterocycles. The van der Waals surface area contributed by atoms with E-state index >= 15 is 0 Å². The molecule has 29 heavy (non-hydrogen) atoms. The van der Waals surface area contributed by atoms with E-state index in [0.29, 0.717) is 30.8 Å². The molecule has 0 radical (unpaired) electrons. The van der Waals surface area contributed by atoms with Crippen LogP contribution in [0.15, 0.2) is 28.0 Å². The minimum absolute atomic E-state index is 0.0264. The monoisotopic (exact) mass is 440 g/mol. The van der Waals surface area contributed by atoms with Crippen molar-refractivity contribution in [3.63, 3.8) is 0 Å². The van der Waals surface area contributed by atoms with Gasteiger partial charge in [-0.15, -0.1) is 0 Å². The second-order valence-electron chi connectivity index (χ2n) is 7.71. The van der Waals surface area contributed by atoms with Crippen LogP contribution in [0, 0.1) is 6.92 Å². The van der Waals surface area contributed by atoms with E-state index in [2.05, 4.69) is 10.1 Å². The Bertz CT molecular complexity index is 1170. The summed E-state index contributed by atoms with van der Waals surface area (Å²) in [5.74, 6) is -0.00345. The zero-order chi connectivity index (χ0) is 20.8. The molecule has 0 aromatic carbocycles. The lowest BCUT2D eigenvalue weighted by atomic mass is 9.99. The van der Waals surface area contributed by atoms with Crippen LogP contribution >= 0.6 is 0 Å². The first-order valence-electron chi connectivity index (χ1n) is 9.67. The molecule has 9 nitrogen and oxygen atoms in total. The number of piperidine rings is 1. The molecule has 4 heterocycles. The first-order chi connectivity index (χ1) is 13.7. The smallest absolute Gasteiger partial charge is 0.276 e. The van der Waals surface area contributed by atoms with Crippen LogP contribution in [-0.4, -0.2) is 60.5 Å². The molecule has 2 aliphatic rings. The average Bonchev–Trinajstić information content (AvgIpc) is 3.20. The number of H-pyrrole nitrogens is 1. The molecule has 0 saturated carbocycles. The summed E-state index contributed by atoms with van der Waals surface area (Å²) < 4.78 is 51.8. The molecule has 0 amide bonds. The summed E-state index contributed by atoms with van der Waals surface area (Å²) in [7, 11) is -6.71. The third-order valence-corrected chi connectivity index (χ3v) is 9.31. The van der Waals surface area contributed by atoms with Gasteiger partial charge in [-0.3, -0.25) is 9.89 Å². The predicted octanol–water partition coefficient (Wildman–Crippen LogP) is 0.946. The van der Waals surface area contributed by atoms with Crippen molar-refractivity contribution in [3.05, 3.63) is 39.9 Å². The second kappa shape index (κ2) is 7.37. The zero-order valence-corrected chi connectivity index (χ0v) is 17.8. The lowest BCUT2D eigenvalue weighted by molar-refractivity contribution is 0.346. The molecule has 2 aliphatic heterocycles. The van der Waals surface area contributed by atoms with Crippen LogP contribution < -0.4 is 5.56 Å². The van der Waals surface area contributed by atoms with E-state index in [9.17, 15) is 21.6 Å². The number of aromatic amines is 1. The van der Waals surface area contributed by atoms with Gasteiger partial charge in [0, 0.05) is 36.5 Å². The van der Waals surface area contributed by atoms with Gasteiger partial charge in [0.15, 0.2) is 15.7 Å². The molecule has 0 bridgehead atoms. The van der Waals surface area contributed by atoms with Crippen LogP contribution in [0.25, 0.3) is 5.82 Å². The Morgan fingerprint density at radius 1 is 1.17 bits per heavy atom. The summed E-state index contributed by atoms with van der Waals surface area (Å²) in [6.07, 6.45) is 4.42. The molecule has 0 spiro atoms. The van der Waals surface area contributed by atoms with E-state index in [0.717, 1.165) is 19.3 Å². The topological polar surface area (TPSA) is 122 Å². The van der Waals surface area contributed by atoms with Crippen LogP contribution in [0.4, 0.5) is 0 Å². The number of pyridine rings is 1. The van der Waals surface area contributed by atoms with Gasteiger partial charge in [-0.2, -0.15) is 4.31 Å². The Kier molecular flexibility index (Phi) is 5.16. The third-order valence-electron chi connectivity index (χ3n) is 5.66. The van der Waals surface area contributed by atoms with Gasteiger partial charge in [0.1, 0.15) is 4.90 Å². The fraction of sp³-hybridized carbons (Fsp3) is 0.556. The molecule has 2 aromatic heterocycles. The van der Waals surface area contributed by atoms with Crippen LogP contribution in [-0.2, 0) is 19.9 Å². The van der Waals surface area contributed by atoms with Crippen molar-refractivity contribution < 1.29 is 16.8 Å². The Balaban J connectivity index is 1.63. The lowest BCUT2D eigenvalue weighted by Crippen LogP contribution is -2.35. The summed E-state index contributed by atoms with van der Waals surface area (Å²) in [6, 6.07) is 2.94. The number of sulfonamides is 1. The highest BCUT2D eigenvalue weighted by molar-refractivity contribution is 7.91. The minimum atomic E-state index is -3.59. The first-order valence-corrected chi connectivity index (χ1v) is 12.9. The van der Waals surface area contributed by atoms with Crippen molar-refractivity contribution in [2.75, 3.05) is 24.6 Å². The standard InChI is InChI=1S/C18H24N4O5S2/c1-13-17(14-7-10-28(24,25)12-14)18(23)22(20-13)16-6-5-15(11-19-16)29(26,27)21-8-3-2-4-9-21/h5-6,11,14,20H,2-4,7-10,12H2,1H3. The number of sulfone groups is 1. The highest BCUT2D eigenvalue weighted by atomic mass is 32.2. The van der Waals surface area contributed by atoms with Crippen LogP contribution in [0.2, 0.25) is 0 Å². The van der Waals surface area contributed by atoms with Crippen LogP contribution in [0.5, 0.6) is 0 Å². The van der Waals surface area contributed by atoms with Crippen molar-refractivity contribution in [1.82, 2.24) is 19.1 Å². The zero-order valence-electron chi connectivity index (χ0n) is 16.2. The van der Waals surface area contributed by atoms with Gasteiger partial charge >= 0.3 is 0 Å². The average molecular weight is 441 g/mol. The van der Waals surface area contributed by atoms with E-state index in [4.69, 9.17) is 0 Å². The number of nitrogens with one attached hydrogen (secondary N) is 1. The van der Waals surface area contributed by atoms with Crippen molar-refractivity contribution in [1.29, 1.82) is 0 Å². The van der Waals surface area contributed by atoms with Crippen LogP contribution in [0.3, 0.4) is 0 Å². The van der Waals surface area contributed by atoms with Crippen molar-refractivity contribution in [3.8, 4) is 5.82 Å². The van der Waals surface area contributed by atoms with Gasteiger partial charge in [-0.05, 0) is 38.3 Å². The maximum Gasteiger partial charge on any atom is 0.276 e. The number of aryl methyl sites for hydroxylation is 1. The van der Waals surface area contributed by atoms with E-state index in [-0.39, 0.29) is 33.7 Å². The Morgan fingerprint density at radius 3 is 2.48 bits per heavy atom. The van der Waals surface area contributed by atoms with Crippen molar-refractivity contribution >= 4 is 19.9 Å². The lowest BCUT2D eigenvalue weighted by Gasteiger charge is -2.25. The number of aromatic nitrogens is 3. The number of rotatable bonds is 4. The predicted molar refractivity (Wildman–Crippen MR) is 108 cm³/mol. The highest BCUT2D eigenvalue weighted by Crippen LogP contribution is 2.28. The maximum absolute atomic E-state index is 12.9. The summed E-state index contributed by atoms with van der Waals surface area (Å²) in [5, 5.41) is 2.94. The van der Waals surface area contributed by atoms with E-state index in [1.807, 2.05) is 0 Å². The molecule has 158 valence electrons. The minimum Gasteiger partial charge on any atom is -0.294 e. The van der Waals surface area contributed by atoms with Gasteiger partial charge in [0.2, 0.25) is 10.0 Å². The van der Waals surface area contributed by atoms with Gasteiger partial charge in [-0.25, -0.2) is 26.5 Å². The number of nitrogens with zero attached hydrogens (tertiary/aromatic N) is 3. The highest BCUT2D eigenvalue weighted by Gasteiger charge is 2.33. The molecule has 1 N–H and O–H groups in total. The van der Waals surface area contributed by atoms with Gasteiger partial charge in [0.25, 0.3) is 5.56 Å². The molecule has 0 aliphatic carbocycles. The molecule has 4 rings (SSSR count). The van der Waals surface area contributed by atoms with Gasteiger partial charge in [0.05, 0.1) is 11.5 Å². The fourth-order valence-corrected chi connectivity index (χ4v) is 7.36. The third kappa shape index (κ3) is 3.78. The van der Waals surface area contributed by atoms with Crippen molar-refractivity contribution in [2.24, 2.45) is 0 Å². The van der Waals surface area contributed by atoms with Crippen LogP contribution in [0.1, 0.15) is 42.9 Å². The van der Waals surface area contributed by atoms with E-state index < -0.39 is 19.9 Å². The molecule has 11 heteroatoms. The molecule has 2 fully saturated rings. The summed E-state index contributed by atoms with van der Waals surface area (Å²) in [4.78, 5) is 17.2. The molecule has 1 atom stereocenters. The summed E-state index contributed by atoms with van der Waals surface area (Å²) in [5.41, 5.74) is 0.713. The van der Waals surface area contributed by atoms with E-state index in [1.54, 1.807) is 6.92 Å². The second-order valence-corrected chi connectivity index (χ2v) is 11.9. The molecule has 1 unspecified atom stereocenters. The quantitative estimate of drug-likeness (QED) is 0.755. The Labute approximate surface area is 169 Å². The normalized spacial score (nSPS) is 22.7. The summed E-state index contributed by atoms with van der Waals surface area (Å²) in [6.45, 7) is 2.74. The van der Waals surface area contributed by atoms with E-state index in [1.165, 1.54) is 27.3 Å². The summed E-state index contributed by atoms with van der Waals surface area (Å²) >= 11 is 0. The Morgan fingerprint density at radius 2 is 1.90 bits per heavy atom. The number of hydrogen-bond acceptors (Lipinski definition) is 6. The molecule has 2 aromatic rings. The Hall–Kier alpha value is -1.98. The maximum atomic E-state index is 12.9.